The minimum Gasteiger partial charge on any atom is -0.444 e. The van der Waals surface area contributed by atoms with Crippen molar-refractivity contribution in [1.29, 1.82) is 0 Å². The molecule has 0 saturated carbocycles. The fourth-order valence-electron chi connectivity index (χ4n) is 3.75. The minimum absolute atomic E-state index is 0.0736. The highest BCUT2D eigenvalue weighted by Gasteiger charge is 2.52. The van der Waals surface area contributed by atoms with E-state index in [2.05, 4.69) is 25.5 Å². The molecule has 0 radical (unpaired) electrons. The lowest BCUT2D eigenvalue weighted by Gasteiger charge is -2.33. The molecule has 1 aromatic rings. The number of carbonyl (C=O) groups excluding carboxylic acids is 2. The van der Waals surface area contributed by atoms with Crippen LogP contribution in [0.1, 0.15) is 68.2 Å². The van der Waals surface area contributed by atoms with Crippen molar-refractivity contribution in [2.45, 2.75) is 97.1 Å². The third-order valence-electron chi connectivity index (χ3n) is 6.36. The lowest BCUT2D eigenvalue weighted by molar-refractivity contribution is -0.123. The predicted molar refractivity (Wildman–Crippen MR) is 130 cm³/mol. The van der Waals surface area contributed by atoms with E-state index in [1.165, 1.54) is 0 Å². The van der Waals surface area contributed by atoms with Crippen molar-refractivity contribution in [3.05, 3.63) is 12.4 Å². The molecule has 2 saturated heterocycles. The van der Waals surface area contributed by atoms with E-state index < -0.39 is 36.1 Å². The van der Waals surface area contributed by atoms with Crippen LogP contribution in [0.4, 0.5) is 10.7 Å². The summed E-state index contributed by atoms with van der Waals surface area (Å²) in [5, 5.41) is 5.59. The number of alkyl carbamates (subject to hydrolysis) is 1. The molecule has 0 unspecified atom stereocenters. The molecular formula is C23H38BN5O5. The standard InChI is InChI=1S/C23H38BN5O5/c1-15(27-20(31)32-21(2,3)4)18(30)28-17-10-9-11-29(14-17)19-25-12-16(13-26-19)24-33-22(5,6)23(7,8)34-24/h12-13,15,17H,9-11,14H2,1-8H3,(H,27,31)(H,28,30)/t15-,17+/m1/s1. The number of amides is 2. The molecule has 3 rings (SSSR count). The molecule has 11 heteroatoms. The van der Waals surface area contributed by atoms with Gasteiger partial charge in [0.25, 0.3) is 0 Å². The molecule has 3 heterocycles. The van der Waals surface area contributed by atoms with Crippen LogP contribution >= 0.6 is 0 Å². The number of hydrogen-bond acceptors (Lipinski definition) is 8. The summed E-state index contributed by atoms with van der Waals surface area (Å²) in [7, 11) is -0.508. The SMILES string of the molecule is C[C@@H](NC(=O)OC(C)(C)C)C(=O)N[C@H]1CCCN(c2ncc(B3OC(C)(C)C(C)(C)O3)cn2)C1. The number of aromatic nitrogens is 2. The zero-order valence-corrected chi connectivity index (χ0v) is 21.6. The Balaban J connectivity index is 1.54. The average molecular weight is 475 g/mol. The molecule has 2 aliphatic heterocycles. The van der Waals surface area contributed by atoms with Crippen LogP contribution in [-0.4, -0.2) is 71.1 Å². The van der Waals surface area contributed by atoms with Gasteiger partial charge in [-0.2, -0.15) is 0 Å². The Kier molecular flexibility index (Phi) is 7.47. The Bertz CT molecular complexity index is 871. The van der Waals surface area contributed by atoms with Crippen LogP contribution in [0.5, 0.6) is 0 Å². The summed E-state index contributed by atoms with van der Waals surface area (Å²) < 4.78 is 17.4. The molecule has 2 amide bonds. The molecule has 188 valence electrons. The highest BCUT2D eigenvalue weighted by Crippen LogP contribution is 2.36. The number of carbonyl (C=O) groups is 2. The highest BCUT2D eigenvalue weighted by molar-refractivity contribution is 6.61. The zero-order chi connectivity index (χ0) is 25.3. The summed E-state index contributed by atoms with van der Waals surface area (Å²) in [5.74, 6) is 0.342. The molecular weight excluding hydrogens is 437 g/mol. The van der Waals surface area contributed by atoms with Crippen molar-refractivity contribution >= 4 is 30.5 Å². The molecule has 1 aromatic heterocycles. The third kappa shape index (κ3) is 6.38. The van der Waals surface area contributed by atoms with Gasteiger partial charge < -0.3 is 29.6 Å². The number of nitrogens with zero attached hydrogens (tertiary/aromatic N) is 3. The van der Waals surface area contributed by atoms with Gasteiger partial charge in [0.05, 0.1) is 11.2 Å². The van der Waals surface area contributed by atoms with Crippen molar-refractivity contribution in [2.24, 2.45) is 0 Å². The molecule has 0 aromatic carbocycles. The maximum atomic E-state index is 12.6. The van der Waals surface area contributed by atoms with E-state index in [0.717, 1.165) is 24.8 Å². The third-order valence-corrected chi connectivity index (χ3v) is 6.36. The topological polar surface area (TPSA) is 115 Å². The number of hydrogen-bond donors (Lipinski definition) is 2. The molecule has 2 aliphatic rings. The predicted octanol–water partition coefficient (Wildman–Crippen LogP) is 1.77. The minimum atomic E-state index is -0.708. The van der Waals surface area contributed by atoms with Crippen LogP contribution in [0, 0.1) is 0 Å². The second-order valence-corrected chi connectivity index (χ2v) is 11.1. The van der Waals surface area contributed by atoms with Crippen LogP contribution in [0.2, 0.25) is 0 Å². The zero-order valence-electron chi connectivity index (χ0n) is 21.6. The largest absolute Gasteiger partial charge is 0.498 e. The van der Waals surface area contributed by atoms with Gasteiger partial charge in [-0.25, -0.2) is 14.8 Å². The number of anilines is 1. The molecule has 2 atom stereocenters. The van der Waals surface area contributed by atoms with Crippen LogP contribution in [0.15, 0.2) is 12.4 Å². The quantitative estimate of drug-likeness (QED) is 0.620. The van der Waals surface area contributed by atoms with Crippen molar-refractivity contribution < 1.29 is 23.6 Å². The van der Waals surface area contributed by atoms with Crippen molar-refractivity contribution in [2.75, 3.05) is 18.0 Å². The van der Waals surface area contributed by atoms with E-state index in [4.69, 9.17) is 14.0 Å². The second kappa shape index (κ2) is 9.69. The smallest absolute Gasteiger partial charge is 0.444 e. The van der Waals surface area contributed by atoms with E-state index in [1.807, 2.05) is 27.7 Å². The average Bonchev–Trinajstić information content (AvgIpc) is 2.94. The molecule has 0 aliphatic carbocycles. The monoisotopic (exact) mass is 475 g/mol. The summed E-state index contributed by atoms with van der Waals surface area (Å²) in [4.78, 5) is 35.7. The van der Waals surface area contributed by atoms with E-state index in [1.54, 1.807) is 40.1 Å². The molecule has 2 N–H and O–H groups in total. The van der Waals surface area contributed by atoms with Gasteiger partial charge in [-0.1, -0.05) is 0 Å². The second-order valence-electron chi connectivity index (χ2n) is 11.1. The molecule has 34 heavy (non-hydrogen) atoms. The summed E-state index contributed by atoms with van der Waals surface area (Å²) in [5.41, 5.74) is -0.706. The van der Waals surface area contributed by atoms with Crippen molar-refractivity contribution in [3.63, 3.8) is 0 Å². The molecule has 10 nitrogen and oxygen atoms in total. The van der Waals surface area contributed by atoms with Gasteiger partial charge in [0, 0.05) is 37.0 Å². The van der Waals surface area contributed by atoms with Gasteiger partial charge in [-0.15, -0.1) is 0 Å². The van der Waals surface area contributed by atoms with Crippen molar-refractivity contribution in [3.8, 4) is 0 Å². The molecule has 2 fully saturated rings. The Labute approximate surface area is 202 Å². The number of ether oxygens (including phenoxy) is 1. The van der Waals surface area contributed by atoms with Crippen LogP contribution in [0.25, 0.3) is 0 Å². The summed E-state index contributed by atoms with van der Waals surface area (Å²) in [6, 6.07) is -0.781. The maximum absolute atomic E-state index is 12.6. The van der Waals surface area contributed by atoms with E-state index >= 15 is 0 Å². The first-order chi connectivity index (χ1) is 15.7. The summed E-state index contributed by atoms with van der Waals surface area (Å²) >= 11 is 0. The van der Waals surface area contributed by atoms with E-state index in [0.29, 0.717) is 12.5 Å². The van der Waals surface area contributed by atoms with Gasteiger partial charge in [0.2, 0.25) is 11.9 Å². The van der Waals surface area contributed by atoms with Crippen LogP contribution in [0.3, 0.4) is 0 Å². The number of rotatable bonds is 5. The number of piperidine rings is 1. The first-order valence-electron chi connectivity index (χ1n) is 11.9. The van der Waals surface area contributed by atoms with Gasteiger partial charge >= 0.3 is 13.2 Å². The van der Waals surface area contributed by atoms with Crippen LogP contribution in [-0.2, 0) is 18.8 Å². The Morgan fingerprint density at radius 1 is 1.18 bits per heavy atom. The van der Waals surface area contributed by atoms with Gasteiger partial charge in [-0.3, -0.25) is 4.79 Å². The lowest BCUT2D eigenvalue weighted by Crippen LogP contribution is -2.53. The summed E-state index contributed by atoms with van der Waals surface area (Å²) in [6.07, 6.45) is 4.59. The van der Waals surface area contributed by atoms with Gasteiger partial charge in [-0.05, 0) is 68.2 Å². The fraction of sp³-hybridized carbons (Fsp3) is 0.739. The van der Waals surface area contributed by atoms with Gasteiger partial charge in [0.1, 0.15) is 11.6 Å². The molecule has 0 spiro atoms. The Morgan fingerprint density at radius 3 is 2.32 bits per heavy atom. The highest BCUT2D eigenvalue weighted by atomic mass is 16.7. The van der Waals surface area contributed by atoms with E-state index in [9.17, 15) is 9.59 Å². The van der Waals surface area contributed by atoms with E-state index in [-0.39, 0.29) is 11.9 Å². The van der Waals surface area contributed by atoms with Gasteiger partial charge in [0.15, 0.2) is 0 Å². The molecule has 0 bridgehead atoms. The van der Waals surface area contributed by atoms with Crippen LogP contribution < -0.4 is 21.0 Å². The number of nitrogens with one attached hydrogen (secondary N) is 2. The maximum Gasteiger partial charge on any atom is 0.498 e. The first-order valence-corrected chi connectivity index (χ1v) is 11.9. The Morgan fingerprint density at radius 2 is 1.76 bits per heavy atom. The fourth-order valence-corrected chi connectivity index (χ4v) is 3.75. The van der Waals surface area contributed by atoms with Crippen molar-refractivity contribution in [1.82, 2.24) is 20.6 Å². The summed E-state index contributed by atoms with van der Waals surface area (Å²) in [6.45, 7) is 16.4. The lowest BCUT2D eigenvalue weighted by atomic mass is 9.81. The first kappa shape index (κ1) is 26.2. The normalized spacial score (nSPS) is 22.8. The Hall–Kier alpha value is -2.40.